The molecule has 1 aromatic rings. The predicted molar refractivity (Wildman–Crippen MR) is 97.0 cm³/mol. The monoisotopic (exact) mass is 364 g/mol. The lowest BCUT2D eigenvalue weighted by atomic mass is 9.88. The first-order valence-electron chi connectivity index (χ1n) is 9.60. The molecule has 2 aliphatic rings. The molecular weight excluding hydrogens is 335 g/mol. The Labute approximate surface area is 154 Å². The van der Waals surface area contributed by atoms with E-state index in [0.717, 1.165) is 44.1 Å². The zero-order chi connectivity index (χ0) is 18.9. The normalized spacial score (nSPS) is 23.6. The van der Waals surface area contributed by atoms with E-state index in [1.165, 1.54) is 6.07 Å². The van der Waals surface area contributed by atoms with Crippen molar-refractivity contribution in [3.63, 3.8) is 0 Å². The molecule has 0 saturated heterocycles. The number of ether oxygens (including phenoxy) is 2. The van der Waals surface area contributed by atoms with Crippen LogP contribution in [-0.2, 0) is 4.74 Å². The number of esters is 1. The van der Waals surface area contributed by atoms with E-state index in [9.17, 15) is 14.3 Å². The van der Waals surface area contributed by atoms with E-state index in [4.69, 9.17) is 9.47 Å². The van der Waals surface area contributed by atoms with E-state index in [0.29, 0.717) is 24.2 Å². The van der Waals surface area contributed by atoms with Gasteiger partial charge in [-0.05, 0) is 82.8 Å². The summed E-state index contributed by atoms with van der Waals surface area (Å²) >= 11 is 0. The number of benzene rings is 1. The van der Waals surface area contributed by atoms with Crippen molar-refractivity contribution in [2.45, 2.75) is 76.9 Å². The van der Waals surface area contributed by atoms with Crippen molar-refractivity contribution in [2.24, 2.45) is 5.92 Å². The number of carbonyl (C=O) groups is 1. The molecule has 5 heteroatoms. The first kappa shape index (κ1) is 19.2. The zero-order valence-electron chi connectivity index (χ0n) is 15.9. The molecule has 1 aromatic carbocycles. The molecule has 1 N–H and O–H groups in total. The highest BCUT2D eigenvalue weighted by Crippen LogP contribution is 2.45. The summed E-state index contributed by atoms with van der Waals surface area (Å²) in [6.07, 6.45) is 5.33. The average Bonchev–Trinajstić information content (AvgIpc) is 3.37. The Hall–Kier alpha value is -1.62. The Morgan fingerprint density at radius 3 is 2.38 bits per heavy atom. The van der Waals surface area contributed by atoms with Crippen LogP contribution in [0, 0.1) is 11.7 Å². The molecule has 0 bridgehead atoms. The van der Waals surface area contributed by atoms with E-state index >= 15 is 0 Å². The number of aliphatic hydroxyl groups is 1. The minimum Gasteiger partial charge on any atom is -0.493 e. The second-order valence-electron chi connectivity index (χ2n) is 8.63. The largest absolute Gasteiger partial charge is 0.493 e. The molecule has 2 fully saturated rings. The molecule has 144 valence electrons. The Kier molecular flexibility index (Phi) is 5.56. The van der Waals surface area contributed by atoms with Crippen LogP contribution in [0.25, 0.3) is 0 Å². The molecule has 0 radical (unpaired) electrons. The lowest BCUT2D eigenvalue weighted by Crippen LogP contribution is -2.25. The minimum atomic E-state index is -0.663. The number of halogens is 1. The van der Waals surface area contributed by atoms with Gasteiger partial charge >= 0.3 is 5.97 Å². The summed E-state index contributed by atoms with van der Waals surface area (Å²) < 4.78 is 25.8. The second kappa shape index (κ2) is 7.55. The number of aliphatic hydroxyl groups excluding tert-OH is 1. The molecule has 2 aliphatic carbocycles. The number of hydrogen-bond acceptors (Lipinski definition) is 4. The van der Waals surface area contributed by atoms with Gasteiger partial charge in [0.1, 0.15) is 17.2 Å². The fourth-order valence-corrected chi connectivity index (χ4v) is 3.42. The van der Waals surface area contributed by atoms with Gasteiger partial charge in [-0.3, -0.25) is 0 Å². The number of carbonyl (C=O) groups excluding carboxylic acids is 1. The number of rotatable bonds is 5. The van der Waals surface area contributed by atoms with Crippen LogP contribution >= 0.6 is 0 Å². The van der Waals surface area contributed by atoms with Crippen LogP contribution in [0.15, 0.2) is 12.1 Å². The third kappa shape index (κ3) is 4.97. The van der Waals surface area contributed by atoms with E-state index in [2.05, 4.69) is 0 Å². The average molecular weight is 364 g/mol. The fraction of sp³-hybridized carbons (Fsp3) is 0.667. The molecule has 0 unspecified atom stereocenters. The molecular formula is C21H29FO4. The van der Waals surface area contributed by atoms with Crippen LogP contribution in [0.3, 0.4) is 0 Å². The minimum absolute atomic E-state index is 0.0186. The Morgan fingerprint density at radius 2 is 1.81 bits per heavy atom. The SMILES string of the molecule is CC(C)(C)OC(=O)c1cc(C2CC2)c(OCC2CCC(O)CC2)cc1F. The zero-order valence-corrected chi connectivity index (χ0v) is 15.9. The van der Waals surface area contributed by atoms with Gasteiger partial charge in [-0.25, -0.2) is 9.18 Å². The third-order valence-electron chi connectivity index (χ3n) is 5.03. The smallest absolute Gasteiger partial charge is 0.341 e. The molecule has 0 spiro atoms. The highest BCUT2D eigenvalue weighted by Gasteiger charge is 2.31. The van der Waals surface area contributed by atoms with Gasteiger partial charge in [-0.2, -0.15) is 0 Å². The predicted octanol–water partition coefficient (Wildman–Crippen LogP) is 4.59. The Morgan fingerprint density at radius 1 is 1.15 bits per heavy atom. The quantitative estimate of drug-likeness (QED) is 0.777. The molecule has 2 saturated carbocycles. The Bertz CT molecular complexity index is 653. The van der Waals surface area contributed by atoms with Gasteiger partial charge in [0, 0.05) is 6.07 Å². The van der Waals surface area contributed by atoms with Crippen molar-refractivity contribution >= 4 is 5.97 Å². The van der Waals surface area contributed by atoms with Gasteiger partial charge in [0.2, 0.25) is 0 Å². The highest BCUT2D eigenvalue weighted by molar-refractivity contribution is 5.90. The summed E-state index contributed by atoms with van der Waals surface area (Å²) in [4.78, 5) is 12.3. The van der Waals surface area contributed by atoms with Crippen molar-refractivity contribution in [1.82, 2.24) is 0 Å². The van der Waals surface area contributed by atoms with Crippen molar-refractivity contribution in [3.8, 4) is 5.75 Å². The summed E-state index contributed by atoms with van der Waals surface area (Å²) in [6, 6.07) is 2.95. The van der Waals surface area contributed by atoms with Gasteiger partial charge in [0.05, 0.1) is 18.3 Å². The summed E-state index contributed by atoms with van der Waals surface area (Å²) in [5.41, 5.74) is 0.224. The standard InChI is InChI=1S/C21H29FO4/c1-21(2,3)26-20(24)17-10-16(14-6-7-14)19(11-18(17)22)25-12-13-4-8-15(23)9-5-13/h10-11,13-15,23H,4-9,12H2,1-3H3. The molecule has 4 nitrogen and oxygen atoms in total. The summed E-state index contributed by atoms with van der Waals surface area (Å²) in [5, 5.41) is 9.60. The molecule has 0 aliphatic heterocycles. The van der Waals surface area contributed by atoms with Crippen LogP contribution in [0.1, 0.15) is 81.1 Å². The molecule has 0 heterocycles. The number of hydrogen-bond donors (Lipinski definition) is 1. The Balaban J connectivity index is 1.74. The van der Waals surface area contributed by atoms with Gasteiger partial charge in [0.15, 0.2) is 0 Å². The maximum atomic E-state index is 14.5. The highest BCUT2D eigenvalue weighted by atomic mass is 19.1. The van der Waals surface area contributed by atoms with Crippen molar-refractivity contribution in [2.75, 3.05) is 6.61 Å². The van der Waals surface area contributed by atoms with Crippen molar-refractivity contribution in [1.29, 1.82) is 0 Å². The third-order valence-corrected chi connectivity index (χ3v) is 5.03. The first-order valence-corrected chi connectivity index (χ1v) is 9.60. The second-order valence-corrected chi connectivity index (χ2v) is 8.63. The fourth-order valence-electron chi connectivity index (χ4n) is 3.42. The van der Waals surface area contributed by atoms with Gasteiger partial charge in [-0.15, -0.1) is 0 Å². The van der Waals surface area contributed by atoms with E-state index in [1.807, 2.05) is 0 Å². The van der Waals surface area contributed by atoms with Crippen molar-refractivity contribution < 1.29 is 23.8 Å². The van der Waals surface area contributed by atoms with Gasteiger partial charge < -0.3 is 14.6 Å². The van der Waals surface area contributed by atoms with Crippen LogP contribution in [0.4, 0.5) is 4.39 Å². The van der Waals surface area contributed by atoms with Crippen LogP contribution in [0.5, 0.6) is 5.75 Å². The molecule has 0 aromatic heterocycles. The van der Waals surface area contributed by atoms with Crippen LogP contribution in [0.2, 0.25) is 0 Å². The lowest BCUT2D eigenvalue weighted by molar-refractivity contribution is 0.00645. The summed E-state index contributed by atoms with van der Waals surface area (Å²) in [6.45, 7) is 5.83. The molecule has 0 atom stereocenters. The van der Waals surface area contributed by atoms with Crippen LogP contribution < -0.4 is 4.74 Å². The lowest BCUT2D eigenvalue weighted by Gasteiger charge is -2.26. The van der Waals surface area contributed by atoms with Crippen molar-refractivity contribution in [3.05, 3.63) is 29.1 Å². The van der Waals surface area contributed by atoms with E-state index in [-0.39, 0.29) is 11.7 Å². The van der Waals surface area contributed by atoms with E-state index in [1.54, 1.807) is 26.8 Å². The topological polar surface area (TPSA) is 55.8 Å². The van der Waals surface area contributed by atoms with Crippen LogP contribution in [-0.4, -0.2) is 29.4 Å². The molecule has 3 rings (SSSR count). The first-order chi connectivity index (χ1) is 12.2. The van der Waals surface area contributed by atoms with Gasteiger partial charge in [0.25, 0.3) is 0 Å². The maximum absolute atomic E-state index is 14.5. The molecule has 26 heavy (non-hydrogen) atoms. The maximum Gasteiger partial charge on any atom is 0.341 e. The van der Waals surface area contributed by atoms with Gasteiger partial charge in [-0.1, -0.05) is 0 Å². The summed E-state index contributed by atoms with van der Waals surface area (Å²) in [7, 11) is 0. The van der Waals surface area contributed by atoms with E-state index < -0.39 is 17.4 Å². The summed E-state index contributed by atoms with van der Waals surface area (Å²) in [5.74, 6) is 0.0323. The molecule has 0 amide bonds.